The Morgan fingerprint density at radius 2 is 2.07 bits per heavy atom. The van der Waals surface area contributed by atoms with Crippen LogP contribution < -0.4 is 5.32 Å². The van der Waals surface area contributed by atoms with Gasteiger partial charge in [0.25, 0.3) is 5.91 Å². The first-order chi connectivity index (χ1) is 12.8. The SMILES string of the molecule is Cc1c(C(=O)NCCc2nc(C3CCN(S(C)(=O)=O)CC3)no2)cnn1C. The molecule has 0 spiro atoms. The number of nitrogens with one attached hydrogen (secondary N) is 1. The molecule has 148 valence electrons. The molecule has 0 unspecified atom stereocenters. The summed E-state index contributed by atoms with van der Waals surface area (Å²) in [7, 11) is -1.36. The van der Waals surface area contributed by atoms with Crippen LogP contribution in [0.5, 0.6) is 0 Å². The van der Waals surface area contributed by atoms with Gasteiger partial charge >= 0.3 is 0 Å². The summed E-state index contributed by atoms with van der Waals surface area (Å²) in [6.45, 7) is 3.14. The molecule has 0 atom stereocenters. The molecule has 3 heterocycles. The van der Waals surface area contributed by atoms with E-state index in [1.807, 2.05) is 6.92 Å². The number of amides is 1. The van der Waals surface area contributed by atoms with Gasteiger partial charge in [0.15, 0.2) is 5.82 Å². The number of sulfonamides is 1. The van der Waals surface area contributed by atoms with Crippen molar-refractivity contribution in [2.45, 2.75) is 32.1 Å². The molecule has 1 amide bonds. The maximum absolute atomic E-state index is 12.1. The van der Waals surface area contributed by atoms with Crippen molar-refractivity contribution in [2.24, 2.45) is 7.05 Å². The van der Waals surface area contributed by atoms with E-state index in [2.05, 4.69) is 20.6 Å². The van der Waals surface area contributed by atoms with E-state index in [1.165, 1.54) is 10.6 Å². The average molecular weight is 396 g/mol. The summed E-state index contributed by atoms with van der Waals surface area (Å²) < 4.78 is 31.5. The first kappa shape index (κ1) is 19.5. The lowest BCUT2D eigenvalue weighted by atomic mass is 9.97. The number of carbonyl (C=O) groups is 1. The molecule has 2 aromatic rings. The highest BCUT2D eigenvalue weighted by Gasteiger charge is 2.28. The lowest BCUT2D eigenvalue weighted by Gasteiger charge is -2.28. The number of carbonyl (C=O) groups excluding carboxylic acids is 1. The van der Waals surface area contributed by atoms with Gasteiger partial charge in [-0.15, -0.1) is 0 Å². The Hall–Kier alpha value is -2.27. The van der Waals surface area contributed by atoms with Gasteiger partial charge in [-0.05, 0) is 19.8 Å². The number of hydrogen-bond donors (Lipinski definition) is 1. The second-order valence-electron chi connectivity index (χ2n) is 6.76. The maximum Gasteiger partial charge on any atom is 0.254 e. The van der Waals surface area contributed by atoms with Crippen molar-refractivity contribution in [3.63, 3.8) is 0 Å². The molecule has 0 radical (unpaired) electrons. The van der Waals surface area contributed by atoms with Gasteiger partial charge in [-0.25, -0.2) is 12.7 Å². The van der Waals surface area contributed by atoms with Crippen molar-refractivity contribution < 1.29 is 17.7 Å². The highest BCUT2D eigenvalue weighted by molar-refractivity contribution is 7.88. The minimum Gasteiger partial charge on any atom is -0.351 e. The fourth-order valence-corrected chi connectivity index (χ4v) is 3.95. The third-order valence-electron chi connectivity index (χ3n) is 4.88. The molecule has 1 aliphatic rings. The van der Waals surface area contributed by atoms with Gasteiger partial charge in [0.2, 0.25) is 15.9 Å². The Kier molecular flexibility index (Phi) is 5.61. The zero-order valence-electron chi connectivity index (χ0n) is 15.7. The third kappa shape index (κ3) is 4.53. The predicted octanol–water partition coefficient (Wildman–Crippen LogP) is 0.223. The smallest absolute Gasteiger partial charge is 0.254 e. The molecule has 3 rings (SSSR count). The standard InChI is InChI=1S/C16H24N6O4S/c1-11-13(10-18-21(11)2)16(23)17-7-4-14-19-15(20-26-14)12-5-8-22(9-6-12)27(3,24)25/h10,12H,4-9H2,1-3H3,(H,17,23). The molecule has 1 N–H and O–H groups in total. The normalized spacial score (nSPS) is 16.6. The van der Waals surface area contributed by atoms with Gasteiger partial charge < -0.3 is 9.84 Å². The Labute approximate surface area is 158 Å². The number of rotatable bonds is 6. The average Bonchev–Trinajstić information content (AvgIpc) is 3.22. The monoisotopic (exact) mass is 396 g/mol. The van der Waals surface area contributed by atoms with Crippen LogP contribution in [0.25, 0.3) is 0 Å². The van der Waals surface area contributed by atoms with Crippen molar-refractivity contribution in [3.8, 4) is 0 Å². The van der Waals surface area contributed by atoms with E-state index in [-0.39, 0.29) is 11.8 Å². The van der Waals surface area contributed by atoms with Crippen LogP contribution >= 0.6 is 0 Å². The van der Waals surface area contributed by atoms with Crippen LogP contribution in [0.2, 0.25) is 0 Å². The zero-order chi connectivity index (χ0) is 19.6. The third-order valence-corrected chi connectivity index (χ3v) is 6.18. The molecule has 0 saturated carbocycles. The van der Waals surface area contributed by atoms with Crippen LogP contribution in [-0.4, -0.2) is 64.4 Å². The van der Waals surface area contributed by atoms with Crippen LogP contribution in [0.3, 0.4) is 0 Å². The lowest BCUT2D eigenvalue weighted by Crippen LogP contribution is -2.37. The zero-order valence-corrected chi connectivity index (χ0v) is 16.5. The molecule has 0 aliphatic carbocycles. The fourth-order valence-electron chi connectivity index (χ4n) is 3.08. The van der Waals surface area contributed by atoms with Crippen molar-refractivity contribution in [3.05, 3.63) is 29.2 Å². The van der Waals surface area contributed by atoms with Crippen LogP contribution in [0.15, 0.2) is 10.7 Å². The summed E-state index contributed by atoms with van der Waals surface area (Å²) >= 11 is 0. The molecule has 0 bridgehead atoms. The van der Waals surface area contributed by atoms with Crippen LogP contribution in [-0.2, 0) is 23.5 Å². The number of aromatic nitrogens is 4. The van der Waals surface area contributed by atoms with Gasteiger partial charge in [0.05, 0.1) is 18.0 Å². The Balaban J connectivity index is 1.49. The van der Waals surface area contributed by atoms with Crippen LogP contribution in [0.1, 0.15) is 46.5 Å². The first-order valence-electron chi connectivity index (χ1n) is 8.80. The second-order valence-corrected chi connectivity index (χ2v) is 8.74. The molecule has 1 saturated heterocycles. The summed E-state index contributed by atoms with van der Waals surface area (Å²) in [5.41, 5.74) is 1.34. The summed E-state index contributed by atoms with van der Waals surface area (Å²) in [5.74, 6) is 0.966. The highest BCUT2D eigenvalue weighted by atomic mass is 32.2. The topological polar surface area (TPSA) is 123 Å². The molecular formula is C16H24N6O4S. The van der Waals surface area contributed by atoms with Crippen molar-refractivity contribution in [2.75, 3.05) is 25.9 Å². The molecule has 11 heteroatoms. The molecule has 1 fully saturated rings. The Bertz CT molecular complexity index is 911. The summed E-state index contributed by atoms with van der Waals surface area (Å²) in [4.78, 5) is 16.5. The quantitative estimate of drug-likeness (QED) is 0.741. The van der Waals surface area contributed by atoms with E-state index in [0.717, 1.165) is 5.69 Å². The van der Waals surface area contributed by atoms with Crippen LogP contribution in [0.4, 0.5) is 0 Å². The Morgan fingerprint density at radius 3 is 2.67 bits per heavy atom. The summed E-state index contributed by atoms with van der Waals surface area (Å²) in [6, 6.07) is 0. The van der Waals surface area contributed by atoms with Crippen molar-refractivity contribution >= 4 is 15.9 Å². The minimum absolute atomic E-state index is 0.0909. The van der Waals surface area contributed by atoms with Gasteiger partial charge in [-0.1, -0.05) is 5.16 Å². The van der Waals surface area contributed by atoms with Gasteiger partial charge in [0, 0.05) is 44.7 Å². The van der Waals surface area contributed by atoms with Gasteiger partial charge in [-0.3, -0.25) is 9.48 Å². The second kappa shape index (κ2) is 7.77. The van der Waals surface area contributed by atoms with E-state index >= 15 is 0 Å². The van der Waals surface area contributed by atoms with E-state index < -0.39 is 10.0 Å². The number of hydrogen-bond acceptors (Lipinski definition) is 7. The lowest BCUT2D eigenvalue weighted by molar-refractivity contribution is 0.0952. The predicted molar refractivity (Wildman–Crippen MR) is 96.7 cm³/mol. The number of piperidine rings is 1. The summed E-state index contributed by atoms with van der Waals surface area (Å²) in [5, 5.41) is 10.9. The largest absolute Gasteiger partial charge is 0.351 e. The maximum atomic E-state index is 12.1. The van der Waals surface area contributed by atoms with Crippen LogP contribution in [0, 0.1) is 6.92 Å². The number of nitrogens with zero attached hydrogens (tertiary/aromatic N) is 5. The molecule has 2 aromatic heterocycles. The molecule has 10 nitrogen and oxygen atoms in total. The van der Waals surface area contributed by atoms with E-state index in [1.54, 1.807) is 17.9 Å². The highest BCUT2D eigenvalue weighted by Crippen LogP contribution is 2.26. The van der Waals surface area contributed by atoms with E-state index in [9.17, 15) is 13.2 Å². The van der Waals surface area contributed by atoms with E-state index in [0.29, 0.717) is 56.2 Å². The fraction of sp³-hybridized carbons (Fsp3) is 0.625. The minimum atomic E-state index is -3.15. The molecule has 1 aliphatic heterocycles. The van der Waals surface area contributed by atoms with Crippen molar-refractivity contribution in [1.82, 2.24) is 29.5 Å². The van der Waals surface area contributed by atoms with E-state index in [4.69, 9.17) is 4.52 Å². The number of aryl methyl sites for hydroxylation is 1. The molecule has 27 heavy (non-hydrogen) atoms. The first-order valence-corrected chi connectivity index (χ1v) is 10.6. The molecule has 0 aromatic carbocycles. The Morgan fingerprint density at radius 1 is 1.37 bits per heavy atom. The molecular weight excluding hydrogens is 372 g/mol. The van der Waals surface area contributed by atoms with Gasteiger partial charge in [0.1, 0.15) is 0 Å². The summed E-state index contributed by atoms with van der Waals surface area (Å²) in [6.07, 6.45) is 4.53. The van der Waals surface area contributed by atoms with Crippen molar-refractivity contribution in [1.29, 1.82) is 0 Å². The van der Waals surface area contributed by atoms with Gasteiger partial charge in [-0.2, -0.15) is 10.1 Å².